The average Bonchev–Trinajstić information content (AvgIpc) is 3.06. The normalized spacial score (nSPS) is 13.9. The molecule has 4 rings (SSSR count). The highest BCUT2D eigenvalue weighted by Gasteiger charge is 2.35. The molecule has 0 fully saturated rings. The SMILES string of the molecule is COc1ccc(-c2cccc3c2C=CC(=O)C3)c2cc(C(F)(F)F)nn12. The van der Waals surface area contributed by atoms with Crippen LogP contribution in [0.5, 0.6) is 5.88 Å². The summed E-state index contributed by atoms with van der Waals surface area (Å²) in [5.74, 6) is 0.202. The highest BCUT2D eigenvalue weighted by atomic mass is 19.4. The maximum absolute atomic E-state index is 13.1. The first-order chi connectivity index (χ1) is 12.4. The topological polar surface area (TPSA) is 43.6 Å². The van der Waals surface area contributed by atoms with E-state index in [1.807, 2.05) is 12.1 Å². The Morgan fingerprint density at radius 2 is 1.92 bits per heavy atom. The number of allylic oxidation sites excluding steroid dienone is 1. The second kappa shape index (κ2) is 5.72. The number of rotatable bonds is 2. The summed E-state index contributed by atoms with van der Waals surface area (Å²) in [6, 6.07) is 9.75. The van der Waals surface area contributed by atoms with Gasteiger partial charge in [0.1, 0.15) is 0 Å². The predicted octanol–water partition coefficient (Wildman–Crippen LogP) is 4.17. The first-order valence-electron chi connectivity index (χ1n) is 7.85. The lowest BCUT2D eigenvalue weighted by atomic mass is 9.89. The van der Waals surface area contributed by atoms with Gasteiger partial charge in [-0.15, -0.1) is 0 Å². The summed E-state index contributed by atoms with van der Waals surface area (Å²) < 4.78 is 45.7. The summed E-state index contributed by atoms with van der Waals surface area (Å²) in [4.78, 5) is 11.6. The summed E-state index contributed by atoms with van der Waals surface area (Å²) >= 11 is 0. The zero-order valence-corrected chi connectivity index (χ0v) is 13.7. The molecule has 2 aromatic heterocycles. The molecule has 0 atom stereocenters. The Hall–Kier alpha value is -3.09. The molecule has 0 radical (unpaired) electrons. The van der Waals surface area contributed by atoms with E-state index in [0.717, 1.165) is 27.3 Å². The van der Waals surface area contributed by atoms with E-state index < -0.39 is 11.9 Å². The number of aromatic nitrogens is 2. The van der Waals surface area contributed by atoms with Gasteiger partial charge in [-0.25, -0.2) is 0 Å². The summed E-state index contributed by atoms with van der Waals surface area (Å²) in [5.41, 5.74) is 2.31. The van der Waals surface area contributed by atoms with E-state index >= 15 is 0 Å². The molecule has 0 bridgehead atoms. The van der Waals surface area contributed by atoms with Crippen LogP contribution < -0.4 is 4.74 Å². The quantitative estimate of drug-likeness (QED) is 0.691. The van der Waals surface area contributed by atoms with Crippen molar-refractivity contribution in [3.63, 3.8) is 0 Å². The molecule has 0 N–H and O–H groups in total. The number of carbonyl (C=O) groups excluding carboxylic acids is 1. The molecule has 3 aromatic rings. The second-order valence-corrected chi connectivity index (χ2v) is 5.97. The molecule has 1 aromatic carbocycles. The van der Waals surface area contributed by atoms with Crippen LogP contribution in [0.4, 0.5) is 13.2 Å². The number of carbonyl (C=O) groups is 1. The van der Waals surface area contributed by atoms with Crippen molar-refractivity contribution in [2.45, 2.75) is 12.6 Å². The molecule has 0 spiro atoms. The lowest BCUT2D eigenvalue weighted by Gasteiger charge is -2.16. The Labute approximate surface area is 146 Å². The van der Waals surface area contributed by atoms with Gasteiger partial charge in [-0.2, -0.15) is 22.8 Å². The first-order valence-corrected chi connectivity index (χ1v) is 7.85. The van der Waals surface area contributed by atoms with Gasteiger partial charge in [0.25, 0.3) is 0 Å². The predicted molar refractivity (Wildman–Crippen MR) is 89.9 cm³/mol. The van der Waals surface area contributed by atoms with Gasteiger partial charge in [-0.05, 0) is 34.9 Å². The van der Waals surface area contributed by atoms with Crippen LogP contribution in [0.1, 0.15) is 16.8 Å². The highest BCUT2D eigenvalue weighted by molar-refractivity contribution is 6.01. The van der Waals surface area contributed by atoms with Gasteiger partial charge in [0, 0.05) is 18.1 Å². The Morgan fingerprint density at radius 1 is 1.12 bits per heavy atom. The van der Waals surface area contributed by atoms with Crippen LogP contribution in [0, 0.1) is 0 Å². The Kier molecular flexibility index (Phi) is 3.61. The molecule has 26 heavy (non-hydrogen) atoms. The van der Waals surface area contributed by atoms with Gasteiger partial charge in [-0.1, -0.05) is 24.3 Å². The van der Waals surface area contributed by atoms with Crippen LogP contribution in [0.15, 0.2) is 42.5 Å². The Morgan fingerprint density at radius 3 is 2.65 bits per heavy atom. The molecule has 0 saturated heterocycles. The maximum Gasteiger partial charge on any atom is 0.435 e. The van der Waals surface area contributed by atoms with Gasteiger partial charge < -0.3 is 4.74 Å². The molecular weight excluding hydrogens is 345 g/mol. The summed E-state index contributed by atoms with van der Waals surface area (Å²) in [6.45, 7) is 0. The summed E-state index contributed by atoms with van der Waals surface area (Å²) in [6.07, 6.45) is -1.09. The molecule has 1 aliphatic rings. The number of benzene rings is 1. The Balaban J connectivity index is 2.00. The summed E-state index contributed by atoms with van der Waals surface area (Å²) in [7, 11) is 1.38. The van der Waals surface area contributed by atoms with Gasteiger partial charge in [0.05, 0.1) is 12.6 Å². The van der Waals surface area contributed by atoms with Crippen LogP contribution in [0.25, 0.3) is 22.7 Å². The van der Waals surface area contributed by atoms with Crippen LogP contribution in [-0.2, 0) is 17.4 Å². The fourth-order valence-electron chi connectivity index (χ4n) is 3.19. The van der Waals surface area contributed by atoms with Crippen molar-refractivity contribution in [3.8, 4) is 17.0 Å². The van der Waals surface area contributed by atoms with Gasteiger partial charge in [-0.3, -0.25) is 4.79 Å². The molecule has 0 unspecified atom stereocenters. The minimum Gasteiger partial charge on any atom is -0.481 e. The second-order valence-electron chi connectivity index (χ2n) is 5.97. The third-order valence-corrected chi connectivity index (χ3v) is 4.37. The van der Waals surface area contributed by atoms with E-state index in [9.17, 15) is 18.0 Å². The van der Waals surface area contributed by atoms with E-state index in [4.69, 9.17) is 4.74 Å². The molecule has 0 amide bonds. The van der Waals surface area contributed by atoms with E-state index in [-0.39, 0.29) is 23.6 Å². The lowest BCUT2D eigenvalue weighted by Crippen LogP contribution is -2.07. The maximum atomic E-state index is 13.1. The standard InChI is InChI=1S/C19H13F3N2O2/c1-26-18-8-7-15(16-10-17(19(20,21)22)23-24(16)18)14-4-2-3-11-9-12(25)5-6-13(11)14/h2-8,10H,9H2,1H3. The number of ether oxygens (including phenoxy) is 1. The number of hydrogen-bond donors (Lipinski definition) is 0. The number of ketones is 1. The summed E-state index contributed by atoms with van der Waals surface area (Å²) in [5, 5.41) is 3.66. The van der Waals surface area contributed by atoms with Crippen LogP contribution in [0.2, 0.25) is 0 Å². The average molecular weight is 358 g/mol. The number of nitrogens with zero attached hydrogens (tertiary/aromatic N) is 2. The van der Waals surface area contributed by atoms with Crippen molar-refractivity contribution in [1.29, 1.82) is 0 Å². The monoisotopic (exact) mass is 358 g/mol. The van der Waals surface area contributed by atoms with E-state index in [1.165, 1.54) is 13.2 Å². The molecule has 0 saturated carbocycles. The number of fused-ring (bicyclic) bond motifs is 2. The third kappa shape index (κ3) is 2.56. The zero-order chi connectivity index (χ0) is 18.5. The van der Waals surface area contributed by atoms with Crippen molar-refractivity contribution in [2.24, 2.45) is 0 Å². The minimum absolute atomic E-state index is 0.00163. The first kappa shape index (κ1) is 16.4. The van der Waals surface area contributed by atoms with Crippen molar-refractivity contribution < 1.29 is 22.7 Å². The highest BCUT2D eigenvalue weighted by Crippen LogP contribution is 2.37. The number of pyridine rings is 1. The van der Waals surface area contributed by atoms with Crippen LogP contribution >= 0.6 is 0 Å². The fourth-order valence-corrected chi connectivity index (χ4v) is 3.19. The number of alkyl halides is 3. The molecule has 1 aliphatic carbocycles. The number of halogens is 3. The van der Waals surface area contributed by atoms with E-state index in [2.05, 4.69) is 5.10 Å². The van der Waals surface area contributed by atoms with Crippen LogP contribution in [-0.4, -0.2) is 22.5 Å². The smallest absolute Gasteiger partial charge is 0.435 e. The lowest BCUT2D eigenvalue weighted by molar-refractivity contribution is -0.141. The molecule has 0 aliphatic heterocycles. The number of hydrogen-bond acceptors (Lipinski definition) is 3. The van der Waals surface area contributed by atoms with Crippen molar-refractivity contribution >= 4 is 17.4 Å². The van der Waals surface area contributed by atoms with Crippen molar-refractivity contribution in [2.75, 3.05) is 7.11 Å². The molecule has 2 heterocycles. The van der Waals surface area contributed by atoms with E-state index in [1.54, 1.807) is 24.3 Å². The number of methoxy groups -OCH3 is 1. The fraction of sp³-hybridized carbons (Fsp3) is 0.158. The van der Waals surface area contributed by atoms with Gasteiger partial charge in [0.15, 0.2) is 11.5 Å². The van der Waals surface area contributed by atoms with Gasteiger partial charge >= 0.3 is 6.18 Å². The molecule has 4 nitrogen and oxygen atoms in total. The van der Waals surface area contributed by atoms with Crippen molar-refractivity contribution in [3.05, 3.63) is 59.3 Å². The van der Waals surface area contributed by atoms with Crippen molar-refractivity contribution in [1.82, 2.24) is 9.61 Å². The molecule has 132 valence electrons. The van der Waals surface area contributed by atoms with Crippen LogP contribution in [0.3, 0.4) is 0 Å². The van der Waals surface area contributed by atoms with Gasteiger partial charge in [0.2, 0.25) is 5.88 Å². The zero-order valence-electron chi connectivity index (χ0n) is 13.7. The molecular formula is C19H13F3N2O2. The minimum atomic E-state index is -4.56. The van der Waals surface area contributed by atoms with E-state index in [0.29, 0.717) is 5.56 Å². The Bertz CT molecular complexity index is 1060. The largest absolute Gasteiger partial charge is 0.481 e. The third-order valence-electron chi connectivity index (χ3n) is 4.37. The molecule has 7 heteroatoms.